The van der Waals surface area contributed by atoms with Gasteiger partial charge in [0, 0.05) is 24.8 Å². The van der Waals surface area contributed by atoms with E-state index in [1.54, 1.807) is 18.2 Å². The van der Waals surface area contributed by atoms with E-state index in [2.05, 4.69) is 5.32 Å². The topological polar surface area (TPSA) is 88.1 Å². The van der Waals surface area contributed by atoms with Crippen LogP contribution in [0.4, 0.5) is 18.9 Å². The summed E-state index contributed by atoms with van der Waals surface area (Å²) in [6.45, 7) is -0.361. The predicted octanol–water partition coefficient (Wildman–Crippen LogP) is 1.59. The number of fused-ring (bicyclic) bond motifs is 1. The van der Waals surface area contributed by atoms with Gasteiger partial charge in [-0.25, -0.2) is 0 Å². The second-order valence-electron chi connectivity index (χ2n) is 6.19. The van der Waals surface area contributed by atoms with E-state index in [1.165, 1.54) is 4.90 Å². The number of rotatable bonds is 4. The number of alkyl halides is 3. The molecule has 10 heteroatoms. The van der Waals surface area contributed by atoms with Crippen LogP contribution in [0.25, 0.3) is 0 Å². The van der Waals surface area contributed by atoms with Crippen molar-refractivity contribution in [2.45, 2.75) is 6.18 Å². The molecule has 0 bridgehead atoms. The summed E-state index contributed by atoms with van der Waals surface area (Å²) in [4.78, 5) is 24.4. The fraction of sp³-hybridized carbons (Fsp3) is 0.500. The molecule has 3 rings (SSSR count). The minimum absolute atomic E-state index is 0.325. The van der Waals surface area contributed by atoms with Gasteiger partial charge in [0.25, 0.3) is 0 Å². The van der Waals surface area contributed by atoms with Gasteiger partial charge in [0.2, 0.25) is 5.91 Å². The number of benzene rings is 1. The number of nitrogens with one attached hydrogen (secondary N) is 1. The molecule has 1 aromatic carbocycles. The molecule has 0 radical (unpaired) electrons. The molecule has 2 N–H and O–H groups in total. The highest BCUT2D eigenvalue weighted by Crippen LogP contribution is 2.37. The summed E-state index contributed by atoms with van der Waals surface area (Å²) in [6.07, 6.45) is -4.62. The summed E-state index contributed by atoms with van der Waals surface area (Å²) in [5.41, 5.74) is 0.417. The van der Waals surface area contributed by atoms with E-state index in [0.29, 0.717) is 30.4 Å². The van der Waals surface area contributed by atoms with E-state index in [0.717, 1.165) is 0 Å². The largest absolute Gasteiger partial charge is 0.486 e. The predicted molar refractivity (Wildman–Crippen MR) is 83.2 cm³/mol. The number of carbonyl (C=O) groups excluding carboxylic acids is 1. The van der Waals surface area contributed by atoms with Crippen molar-refractivity contribution in [2.75, 3.05) is 38.2 Å². The van der Waals surface area contributed by atoms with Gasteiger partial charge in [-0.15, -0.1) is 0 Å². The Morgan fingerprint density at radius 3 is 2.50 bits per heavy atom. The molecule has 1 fully saturated rings. The molecule has 142 valence electrons. The first kappa shape index (κ1) is 18.3. The Morgan fingerprint density at radius 2 is 1.88 bits per heavy atom. The quantitative estimate of drug-likeness (QED) is 0.832. The molecule has 0 unspecified atom stereocenters. The molecule has 1 saturated heterocycles. The molecule has 0 spiro atoms. The van der Waals surface area contributed by atoms with Gasteiger partial charge in [0.05, 0.1) is 18.4 Å². The van der Waals surface area contributed by atoms with Crippen LogP contribution >= 0.6 is 0 Å². The number of amides is 1. The van der Waals surface area contributed by atoms with Gasteiger partial charge in [0.1, 0.15) is 13.2 Å². The van der Waals surface area contributed by atoms with Crippen LogP contribution in [0.15, 0.2) is 18.2 Å². The number of carboxylic acids is 1. The van der Waals surface area contributed by atoms with E-state index in [4.69, 9.17) is 14.6 Å². The van der Waals surface area contributed by atoms with Crippen molar-refractivity contribution < 1.29 is 37.3 Å². The minimum atomic E-state index is -4.62. The zero-order valence-electron chi connectivity index (χ0n) is 13.6. The summed E-state index contributed by atoms with van der Waals surface area (Å²) in [5, 5.41) is 11.6. The molecule has 0 aromatic heterocycles. The van der Waals surface area contributed by atoms with Crippen molar-refractivity contribution >= 4 is 17.6 Å². The number of ether oxygens (including phenoxy) is 2. The molecule has 26 heavy (non-hydrogen) atoms. The minimum Gasteiger partial charge on any atom is -0.486 e. The van der Waals surface area contributed by atoms with Gasteiger partial charge < -0.3 is 19.9 Å². The number of hydrogen-bond acceptors (Lipinski definition) is 5. The second-order valence-corrected chi connectivity index (χ2v) is 6.19. The average molecular weight is 374 g/mol. The van der Waals surface area contributed by atoms with Crippen LogP contribution in [0.5, 0.6) is 11.5 Å². The number of carbonyl (C=O) groups is 2. The molecule has 2 atom stereocenters. The van der Waals surface area contributed by atoms with Crippen molar-refractivity contribution in [3.05, 3.63) is 18.2 Å². The van der Waals surface area contributed by atoms with Crippen molar-refractivity contribution in [3.8, 4) is 11.5 Å². The monoisotopic (exact) mass is 374 g/mol. The van der Waals surface area contributed by atoms with E-state index >= 15 is 0 Å². The first-order valence-electron chi connectivity index (χ1n) is 7.95. The second kappa shape index (κ2) is 7.02. The van der Waals surface area contributed by atoms with Crippen molar-refractivity contribution in [2.24, 2.45) is 11.8 Å². The zero-order valence-corrected chi connectivity index (χ0v) is 13.6. The number of nitrogens with zero attached hydrogens (tertiary/aromatic N) is 1. The standard InChI is InChI=1S/C16H17F3N2O5/c17-16(18,19)11-7-21(6-10(11)15(23)24)8-14(22)20-9-1-2-12-13(5-9)26-4-3-25-12/h1-2,5,10-11H,3-4,6-8H2,(H,20,22)(H,23,24)/t10-,11-/m1/s1. The number of likely N-dealkylation sites (tertiary alicyclic amines) is 1. The maximum Gasteiger partial charge on any atom is 0.393 e. The Labute approximate surface area is 146 Å². The van der Waals surface area contributed by atoms with E-state index < -0.39 is 36.4 Å². The Kier molecular flexibility index (Phi) is 4.94. The fourth-order valence-electron chi connectivity index (χ4n) is 3.12. The number of carboxylic acid groups (broad SMARTS) is 1. The van der Waals surface area contributed by atoms with Crippen LogP contribution in [0.2, 0.25) is 0 Å². The summed E-state index contributed by atoms with van der Waals surface area (Å²) in [5.74, 6) is -4.58. The molecule has 1 amide bonds. The lowest BCUT2D eigenvalue weighted by Crippen LogP contribution is -2.34. The van der Waals surface area contributed by atoms with Crippen LogP contribution in [-0.2, 0) is 9.59 Å². The number of anilines is 1. The third-order valence-corrected chi connectivity index (χ3v) is 4.33. The Bertz CT molecular complexity index is 710. The average Bonchev–Trinajstić information content (AvgIpc) is 2.99. The molecule has 2 heterocycles. The summed E-state index contributed by atoms with van der Waals surface area (Å²) in [7, 11) is 0. The Balaban J connectivity index is 1.61. The third-order valence-electron chi connectivity index (χ3n) is 4.33. The number of hydrogen-bond donors (Lipinski definition) is 2. The van der Waals surface area contributed by atoms with E-state index in [1.807, 2.05) is 0 Å². The fourth-order valence-corrected chi connectivity index (χ4v) is 3.12. The maximum absolute atomic E-state index is 13.0. The van der Waals surface area contributed by atoms with Gasteiger partial charge in [0.15, 0.2) is 11.5 Å². The highest BCUT2D eigenvalue weighted by molar-refractivity contribution is 5.92. The van der Waals surface area contributed by atoms with Crippen molar-refractivity contribution in [3.63, 3.8) is 0 Å². The lowest BCUT2D eigenvalue weighted by atomic mass is 9.96. The van der Waals surface area contributed by atoms with Gasteiger partial charge >= 0.3 is 12.1 Å². The first-order chi connectivity index (χ1) is 12.2. The molecule has 0 saturated carbocycles. The van der Waals surface area contributed by atoms with Crippen LogP contribution in [0.1, 0.15) is 0 Å². The smallest absolute Gasteiger partial charge is 0.393 e. The van der Waals surface area contributed by atoms with Crippen LogP contribution in [-0.4, -0.2) is 60.9 Å². The van der Waals surface area contributed by atoms with E-state index in [-0.39, 0.29) is 13.1 Å². The number of aliphatic carboxylic acids is 1. The van der Waals surface area contributed by atoms with Crippen molar-refractivity contribution in [1.29, 1.82) is 0 Å². The lowest BCUT2D eigenvalue weighted by Gasteiger charge is -2.20. The molecule has 1 aromatic rings. The Morgan fingerprint density at radius 1 is 1.19 bits per heavy atom. The van der Waals surface area contributed by atoms with Crippen LogP contribution in [0, 0.1) is 11.8 Å². The van der Waals surface area contributed by atoms with Crippen molar-refractivity contribution in [1.82, 2.24) is 4.90 Å². The molecule has 7 nitrogen and oxygen atoms in total. The first-order valence-corrected chi connectivity index (χ1v) is 7.95. The lowest BCUT2D eigenvalue weighted by molar-refractivity contribution is -0.188. The molecule has 2 aliphatic rings. The molecular weight excluding hydrogens is 357 g/mol. The molecule has 0 aliphatic carbocycles. The highest BCUT2D eigenvalue weighted by Gasteiger charge is 2.52. The summed E-state index contributed by atoms with van der Waals surface area (Å²) >= 11 is 0. The van der Waals surface area contributed by atoms with E-state index in [9.17, 15) is 22.8 Å². The van der Waals surface area contributed by atoms with Gasteiger partial charge in [-0.1, -0.05) is 0 Å². The SMILES string of the molecule is O=C(CN1C[C@@H](C(F)(F)F)[C@H](C(=O)O)C1)Nc1ccc2c(c1)OCCO2. The van der Waals surface area contributed by atoms with Gasteiger partial charge in [-0.3, -0.25) is 14.5 Å². The Hall–Kier alpha value is -2.49. The summed E-state index contributed by atoms with van der Waals surface area (Å²) < 4.78 is 49.7. The normalized spacial score (nSPS) is 22.9. The number of halogens is 3. The van der Waals surface area contributed by atoms with Gasteiger partial charge in [-0.2, -0.15) is 13.2 Å². The summed E-state index contributed by atoms with van der Waals surface area (Å²) in [6, 6.07) is 4.78. The zero-order chi connectivity index (χ0) is 18.9. The maximum atomic E-state index is 13.0. The van der Waals surface area contributed by atoms with Crippen LogP contribution < -0.4 is 14.8 Å². The molecular formula is C16H17F3N2O5. The molecule has 2 aliphatic heterocycles. The highest BCUT2D eigenvalue weighted by atomic mass is 19.4. The third kappa shape index (κ3) is 4.01. The van der Waals surface area contributed by atoms with Gasteiger partial charge in [-0.05, 0) is 12.1 Å². The van der Waals surface area contributed by atoms with Crippen LogP contribution in [0.3, 0.4) is 0 Å².